The fourth-order valence-corrected chi connectivity index (χ4v) is 3.48. The molecule has 0 spiro atoms. The Balaban J connectivity index is 1.70. The molecule has 1 aliphatic heterocycles. The zero-order valence-corrected chi connectivity index (χ0v) is 8.98. The third kappa shape index (κ3) is 1.78. The Kier molecular flexibility index (Phi) is 2.43. The lowest BCUT2D eigenvalue weighted by Gasteiger charge is -2.44. The van der Waals surface area contributed by atoms with Crippen LogP contribution in [0.15, 0.2) is 0 Å². The molecule has 2 aliphatic carbocycles. The Morgan fingerprint density at radius 2 is 1.67 bits per heavy atom. The summed E-state index contributed by atoms with van der Waals surface area (Å²) in [6, 6.07) is 0. The molecule has 0 aromatic carbocycles. The lowest BCUT2D eigenvalue weighted by molar-refractivity contribution is -0.195. The van der Waals surface area contributed by atoms with Gasteiger partial charge >= 0.3 is 5.97 Å². The van der Waals surface area contributed by atoms with Crippen molar-refractivity contribution in [1.82, 2.24) is 0 Å². The second-order valence-electron chi connectivity index (χ2n) is 5.15. The van der Waals surface area contributed by atoms with Crippen molar-refractivity contribution in [1.29, 1.82) is 0 Å². The van der Waals surface area contributed by atoms with Crippen LogP contribution in [-0.4, -0.2) is 24.8 Å². The van der Waals surface area contributed by atoms with Crippen LogP contribution < -0.4 is 0 Å². The summed E-state index contributed by atoms with van der Waals surface area (Å²) in [7, 11) is 0. The van der Waals surface area contributed by atoms with Crippen LogP contribution in [0.2, 0.25) is 0 Å². The van der Waals surface area contributed by atoms with Gasteiger partial charge in [-0.1, -0.05) is 25.7 Å². The minimum Gasteiger partial charge on any atom is -0.458 e. The summed E-state index contributed by atoms with van der Waals surface area (Å²) >= 11 is 0. The number of esters is 1. The molecule has 0 N–H and O–H groups in total. The second-order valence-corrected chi connectivity index (χ2v) is 5.15. The Hall–Kier alpha value is -0.570. The highest BCUT2D eigenvalue weighted by molar-refractivity contribution is 5.71. The first kappa shape index (κ1) is 9.64. The monoisotopic (exact) mass is 210 g/mol. The molecular formula is C12H18O3. The van der Waals surface area contributed by atoms with Gasteiger partial charge in [0, 0.05) is 0 Å². The maximum atomic E-state index is 11.1. The van der Waals surface area contributed by atoms with Crippen LogP contribution in [0.5, 0.6) is 0 Å². The van der Waals surface area contributed by atoms with Crippen molar-refractivity contribution in [3.8, 4) is 0 Å². The van der Waals surface area contributed by atoms with Crippen molar-refractivity contribution in [2.24, 2.45) is 11.8 Å². The van der Waals surface area contributed by atoms with Crippen LogP contribution in [0.25, 0.3) is 0 Å². The Bertz CT molecular complexity index is 264. The molecule has 15 heavy (non-hydrogen) atoms. The van der Waals surface area contributed by atoms with Gasteiger partial charge in [-0.15, -0.1) is 0 Å². The number of carbonyl (C=O) groups excluding carboxylic acids is 1. The van der Waals surface area contributed by atoms with Crippen molar-refractivity contribution >= 4 is 5.97 Å². The summed E-state index contributed by atoms with van der Waals surface area (Å²) < 4.78 is 10.9. The van der Waals surface area contributed by atoms with Gasteiger partial charge in [0.2, 0.25) is 0 Å². The predicted octanol–water partition coefficient (Wildman–Crippen LogP) is 1.90. The highest BCUT2D eigenvalue weighted by Gasteiger charge is 2.42. The highest BCUT2D eigenvalue weighted by atomic mass is 16.6. The Morgan fingerprint density at radius 1 is 1.00 bits per heavy atom. The van der Waals surface area contributed by atoms with E-state index in [1.54, 1.807) is 0 Å². The Morgan fingerprint density at radius 3 is 2.40 bits per heavy atom. The molecule has 3 rings (SSSR count). The van der Waals surface area contributed by atoms with Gasteiger partial charge in [0.05, 0.1) is 6.10 Å². The zero-order valence-electron chi connectivity index (χ0n) is 8.98. The normalized spacial score (nSPS) is 45.2. The smallest absolute Gasteiger partial charge is 0.332 e. The van der Waals surface area contributed by atoms with Gasteiger partial charge in [-0.05, 0) is 24.7 Å². The van der Waals surface area contributed by atoms with Gasteiger partial charge in [-0.3, -0.25) is 0 Å². The quantitative estimate of drug-likeness (QED) is 0.573. The first-order valence-corrected chi connectivity index (χ1v) is 6.14. The number of ether oxygens (including phenoxy) is 2. The molecule has 0 amide bonds. The minimum atomic E-state index is -0.175. The van der Waals surface area contributed by atoms with Crippen LogP contribution in [0.3, 0.4) is 0 Å². The standard InChI is InChI=1S/C12H18O3/c13-12-7-14-10-5-8-3-1-2-4-9(8)6-11(10)15-12/h8-11H,1-7H2/t8-,9+,10-,11+/m1/s1. The third-order valence-corrected chi connectivity index (χ3v) is 4.25. The number of carbonyl (C=O) groups is 1. The molecule has 2 saturated carbocycles. The molecule has 3 nitrogen and oxygen atoms in total. The molecule has 3 fully saturated rings. The van der Waals surface area contributed by atoms with E-state index in [0.717, 1.165) is 24.7 Å². The number of hydrogen-bond donors (Lipinski definition) is 0. The minimum absolute atomic E-state index is 0.0607. The highest BCUT2D eigenvalue weighted by Crippen LogP contribution is 2.43. The van der Waals surface area contributed by atoms with E-state index in [1.807, 2.05) is 0 Å². The van der Waals surface area contributed by atoms with E-state index in [9.17, 15) is 4.79 Å². The van der Waals surface area contributed by atoms with Crippen molar-refractivity contribution < 1.29 is 14.3 Å². The molecule has 0 unspecified atom stereocenters. The molecule has 1 heterocycles. The summed E-state index contributed by atoms with van der Waals surface area (Å²) in [5.41, 5.74) is 0. The molecule has 3 aliphatic rings. The molecule has 0 radical (unpaired) electrons. The average Bonchev–Trinajstić information content (AvgIpc) is 2.26. The van der Waals surface area contributed by atoms with Gasteiger partial charge in [0.15, 0.2) is 0 Å². The van der Waals surface area contributed by atoms with Crippen LogP contribution in [0.1, 0.15) is 38.5 Å². The fraction of sp³-hybridized carbons (Fsp3) is 0.917. The molecule has 84 valence electrons. The molecule has 3 heteroatoms. The van der Waals surface area contributed by atoms with Crippen LogP contribution >= 0.6 is 0 Å². The molecule has 4 atom stereocenters. The van der Waals surface area contributed by atoms with E-state index in [0.29, 0.717) is 0 Å². The summed E-state index contributed by atoms with van der Waals surface area (Å²) in [6.07, 6.45) is 7.82. The van der Waals surface area contributed by atoms with Crippen molar-refractivity contribution in [3.05, 3.63) is 0 Å². The van der Waals surface area contributed by atoms with Gasteiger partial charge in [0.1, 0.15) is 12.7 Å². The van der Waals surface area contributed by atoms with Crippen molar-refractivity contribution in [2.75, 3.05) is 6.61 Å². The molecular weight excluding hydrogens is 192 g/mol. The molecule has 0 aromatic rings. The third-order valence-electron chi connectivity index (χ3n) is 4.25. The van der Waals surface area contributed by atoms with E-state index < -0.39 is 0 Å². The van der Waals surface area contributed by atoms with Gasteiger partial charge in [-0.2, -0.15) is 0 Å². The van der Waals surface area contributed by atoms with E-state index in [-0.39, 0.29) is 24.8 Å². The second kappa shape index (κ2) is 3.78. The first-order chi connectivity index (χ1) is 7.33. The fourth-order valence-electron chi connectivity index (χ4n) is 3.48. The number of rotatable bonds is 0. The predicted molar refractivity (Wildman–Crippen MR) is 54.3 cm³/mol. The maximum Gasteiger partial charge on any atom is 0.332 e. The summed E-state index contributed by atoms with van der Waals surface area (Å²) in [5, 5.41) is 0. The molecule has 0 aromatic heterocycles. The Labute approximate surface area is 90.1 Å². The SMILES string of the molecule is O=C1CO[C@@H]2C[C@H]3CCCC[C@H]3C[C@@H]2O1. The average molecular weight is 210 g/mol. The molecule has 0 bridgehead atoms. The van der Waals surface area contributed by atoms with E-state index in [1.165, 1.54) is 25.7 Å². The van der Waals surface area contributed by atoms with Crippen molar-refractivity contribution in [3.63, 3.8) is 0 Å². The van der Waals surface area contributed by atoms with Crippen LogP contribution in [0, 0.1) is 11.8 Å². The zero-order chi connectivity index (χ0) is 10.3. The van der Waals surface area contributed by atoms with E-state index in [2.05, 4.69) is 0 Å². The first-order valence-electron chi connectivity index (χ1n) is 6.14. The van der Waals surface area contributed by atoms with Gasteiger partial charge in [-0.25, -0.2) is 4.79 Å². The van der Waals surface area contributed by atoms with E-state index >= 15 is 0 Å². The van der Waals surface area contributed by atoms with Gasteiger partial charge in [0.25, 0.3) is 0 Å². The number of hydrogen-bond acceptors (Lipinski definition) is 3. The summed E-state index contributed by atoms with van der Waals surface area (Å²) in [5.74, 6) is 1.44. The lowest BCUT2D eigenvalue weighted by atomic mass is 9.69. The maximum absolute atomic E-state index is 11.1. The number of fused-ring (bicyclic) bond motifs is 2. The summed E-state index contributed by atoms with van der Waals surface area (Å²) in [6.45, 7) is 0.165. The largest absolute Gasteiger partial charge is 0.458 e. The van der Waals surface area contributed by atoms with Crippen LogP contribution in [-0.2, 0) is 14.3 Å². The topological polar surface area (TPSA) is 35.5 Å². The molecule has 1 saturated heterocycles. The summed E-state index contributed by atoms with van der Waals surface area (Å²) in [4.78, 5) is 11.1. The van der Waals surface area contributed by atoms with Crippen LogP contribution in [0.4, 0.5) is 0 Å². The van der Waals surface area contributed by atoms with Crippen molar-refractivity contribution in [2.45, 2.75) is 50.7 Å². The lowest BCUT2D eigenvalue weighted by Crippen LogP contribution is -2.48. The van der Waals surface area contributed by atoms with Gasteiger partial charge < -0.3 is 9.47 Å². The van der Waals surface area contributed by atoms with E-state index in [4.69, 9.17) is 9.47 Å².